The van der Waals surface area contributed by atoms with Crippen LogP contribution in [0.3, 0.4) is 0 Å². The minimum atomic E-state index is -0.459. The third-order valence-electron chi connectivity index (χ3n) is 4.43. The summed E-state index contributed by atoms with van der Waals surface area (Å²) in [5.74, 6) is 0.699. The second-order valence-electron chi connectivity index (χ2n) is 6.17. The Hall–Kier alpha value is -1.60. The maximum atomic E-state index is 11.4. The molecule has 116 valence electrons. The quantitative estimate of drug-likeness (QED) is 0.690. The second-order valence-corrected chi connectivity index (χ2v) is 6.17. The fraction of sp³-hybridized carbons (Fsp3) is 0.714. The van der Waals surface area contributed by atoms with Crippen LogP contribution in [0.1, 0.15) is 19.3 Å². The number of hydrogen-bond acceptors (Lipinski definition) is 5. The molecule has 0 spiro atoms. The third kappa shape index (κ3) is 3.54. The highest BCUT2D eigenvalue weighted by Gasteiger charge is 2.34. The van der Waals surface area contributed by atoms with Gasteiger partial charge in [0, 0.05) is 38.3 Å². The molecule has 1 aromatic heterocycles. The minimum Gasteiger partial charge on any atom is -0.396 e. The van der Waals surface area contributed by atoms with Gasteiger partial charge < -0.3 is 21.1 Å². The van der Waals surface area contributed by atoms with Crippen molar-refractivity contribution in [2.45, 2.75) is 38.0 Å². The Morgan fingerprint density at radius 1 is 1.48 bits per heavy atom. The van der Waals surface area contributed by atoms with E-state index in [0.29, 0.717) is 37.2 Å². The molecule has 0 bridgehead atoms. The molecule has 3 unspecified atom stereocenters. The van der Waals surface area contributed by atoms with Gasteiger partial charge in [-0.2, -0.15) is 5.10 Å². The number of nitrogens with zero attached hydrogens (tertiary/aromatic N) is 3. The Morgan fingerprint density at radius 3 is 3.10 bits per heavy atom. The van der Waals surface area contributed by atoms with E-state index in [9.17, 15) is 9.90 Å². The molecular weight excluding hydrogens is 270 g/mol. The fourth-order valence-electron chi connectivity index (χ4n) is 3.40. The summed E-state index contributed by atoms with van der Waals surface area (Å²) in [6.07, 6.45) is 5.41. The van der Waals surface area contributed by atoms with Crippen molar-refractivity contribution in [2.75, 3.05) is 25.4 Å². The minimum absolute atomic E-state index is 0.181. The van der Waals surface area contributed by atoms with Crippen LogP contribution in [-0.2, 0) is 11.3 Å². The van der Waals surface area contributed by atoms with E-state index in [2.05, 4.69) is 15.3 Å². The largest absolute Gasteiger partial charge is 0.396 e. The molecule has 2 saturated heterocycles. The number of aliphatic hydroxyl groups excluding tert-OH is 1. The molecule has 0 aromatic carbocycles. The summed E-state index contributed by atoms with van der Waals surface area (Å²) in [5.41, 5.74) is 6.23. The van der Waals surface area contributed by atoms with Crippen LogP contribution in [0.25, 0.3) is 0 Å². The van der Waals surface area contributed by atoms with Gasteiger partial charge in [0.05, 0.1) is 24.5 Å². The van der Waals surface area contributed by atoms with E-state index in [1.54, 1.807) is 17.1 Å². The van der Waals surface area contributed by atoms with E-state index >= 15 is 0 Å². The summed E-state index contributed by atoms with van der Waals surface area (Å²) in [6.45, 7) is 2.96. The molecule has 7 heteroatoms. The number of amides is 1. The van der Waals surface area contributed by atoms with Crippen molar-refractivity contribution >= 4 is 11.6 Å². The first-order valence-electron chi connectivity index (χ1n) is 7.58. The lowest BCUT2D eigenvalue weighted by molar-refractivity contribution is -0.125. The van der Waals surface area contributed by atoms with Crippen LogP contribution in [-0.4, -0.2) is 57.5 Å². The molecule has 1 amide bonds. The maximum Gasteiger partial charge on any atom is 0.220 e. The van der Waals surface area contributed by atoms with Crippen molar-refractivity contribution < 1.29 is 9.90 Å². The average Bonchev–Trinajstić information content (AvgIpc) is 2.84. The van der Waals surface area contributed by atoms with Gasteiger partial charge in [-0.3, -0.25) is 9.48 Å². The van der Waals surface area contributed by atoms with Gasteiger partial charge in [-0.15, -0.1) is 0 Å². The van der Waals surface area contributed by atoms with Crippen LogP contribution < -0.4 is 11.1 Å². The Labute approximate surface area is 124 Å². The summed E-state index contributed by atoms with van der Waals surface area (Å²) in [4.78, 5) is 13.7. The van der Waals surface area contributed by atoms with E-state index in [-0.39, 0.29) is 5.91 Å². The number of nitrogens with two attached hydrogens (primary N) is 1. The monoisotopic (exact) mass is 293 g/mol. The van der Waals surface area contributed by atoms with Gasteiger partial charge in [0.25, 0.3) is 0 Å². The van der Waals surface area contributed by atoms with Crippen LogP contribution in [0.5, 0.6) is 0 Å². The number of rotatable bonds is 4. The first-order valence-corrected chi connectivity index (χ1v) is 7.58. The molecule has 3 rings (SSSR count). The van der Waals surface area contributed by atoms with E-state index in [1.165, 1.54) is 0 Å². The zero-order valence-electron chi connectivity index (χ0n) is 12.1. The number of carbonyl (C=O) groups excluding carboxylic acids is 1. The molecule has 4 N–H and O–H groups in total. The van der Waals surface area contributed by atoms with Crippen LogP contribution >= 0.6 is 0 Å². The van der Waals surface area contributed by atoms with Gasteiger partial charge in [-0.1, -0.05) is 0 Å². The van der Waals surface area contributed by atoms with Crippen molar-refractivity contribution in [2.24, 2.45) is 5.92 Å². The number of aliphatic hydroxyl groups is 1. The highest BCUT2D eigenvalue weighted by molar-refractivity contribution is 5.77. The van der Waals surface area contributed by atoms with Crippen LogP contribution in [0.2, 0.25) is 0 Å². The normalized spacial score (nSPS) is 28.0. The van der Waals surface area contributed by atoms with Crippen molar-refractivity contribution in [3.05, 3.63) is 12.4 Å². The van der Waals surface area contributed by atoms with E-state index in [4.69, 9.17) is 5.73 Å². The van der Waals surface area contributed by atoms with Crippen molar-refractivity contribution in [3.63, 3.8) is 0 Å². The molecule has 1 aromatic rings. The molecule has 21 heavy (non-hydrogen) atoms. The smallest absolute Gasteiger partial charge is 0.220 e. The predicted molar refractivity (Wildman–Crippen MR) is 78.4 cm³/mol. The van der Waals surface area contributed by atoms with Gasteiger partial charge in [0.1, 0.15) is 0 Å². The summed E-state index contributed by atoms with van der Waals surface area (Å²) >= 11 is 0. The second kappa shape index (κ2) is 6.03. The van der Waals surface area contributed by atoms with Crippen molar-refractivity contribution in [3.8, 4) is 0 Å². The number of anilines is 1. The first kappa shape index (κ1) is 14.3. The van der Waals surface area contributed by atoms with Gasteiger partial charge >= 0.3 is 0 Å². The number of hydrogen-bond donors (Lipinski definition) is 3. The Bertz CT molecular complexity index is 503. The summed E-state index contributed by atoms with van der Waals surface area (Å²) in [5, 5.41) is 17.4. The molecule has 0 radical (unpaired) electrons. The molecule has 2 aliphatic heterocycles. The number of carbonyl (C=O) groups is 1. The fourth-order valence-corrected chi connectivity index (χ4v) is 3.40. The highest BCUT2D eigenvalue weighted by Crippen LogP contribution is 2.25. The standard InChI is InChI=1S/C14H23N5O2/c15-11-5-16-19(7-11)9-12(20)8-18-4-3-13-10(6-18)1-2-14(21)17-13/h5,7,10,12-13,20H,1-4,6,8-9,15H2,(H,17,21). The number of likely N-dealkylation sites (tertiary alicyclic amines) is 1. The number of piperidine rings is 2. The molecule has 0 aliphatic carbocycles. The lowest BCUT2D eigenvalue weighted by atomic mass is 9.85. The maximum absolute atomic E-state index is 11.4. The average molecular weight is 293 g/mol. The molecule has 3 atom stereocenters. The van der Waals surface area contributed by atoms with Crippen molar-refractivity contribution in [1.29, 1.82) is 0 Å². The van der Waals surface area contributed by atoms with E-state index in [1.807, 2.05) is 0 Å². The molecule has 2 aliphatic rings. The number of nitrogens with one attached hydrogen (secondary N) is 1. The van der Waals surface area contributed by atoms with Gasteiger partial charge in [-0.05, 0) is 18.8 Å². The Balaban J connectivity index is 1.48. The molecule has 3 heterocycles. The first-order chi connectivity index (χ1) is 10.1. The van der Waals surface area contributed by atoms with E-state index < -0.39 is 6.10 Å². The predicted octanol–water partition coefficient (Wildman–Crippen LogP) is -0.573. The Morgan fingerprint density at radius 2 is 2.33 bits per heavy atom. The highest BCUT2D eigenvalue weighted by atomic mass is 16.3. The molecule has 7 nitrogen and oxygen atoms in total. The molecular formula is C14H23N5O2. The molecule has 0 saturated carbocycles. The summed E-state index contributed by atoms with van der Waals surface area (Å²) < 4.78 is 1.67. The van der Waals surface area contributed by atoms with Gasteiger partial charge in [-0.25, -0.2) is 0 Å². The summed E-state index contributed by atoms with van der Waals surface area (Å²) in [6, 6.07) is 0.325. The lowest BCUT2D eigenvalue weighted by Gasteiger charge is -2.41. The van der Waals surface area contributed by atoms with Gasteiger partial charge in [0.15, 0.2) is 0 Å². The SMILES string of the molecule is Nc1cnn(CC(O)CN2CCC3NC(=O)CCC3C2)c1. The van der Waals surface area contributed by atoms with Gasteiger partial charge in [0.2, 0.25) is 5.91 Å². The third-order valence-corrected chi connectivity index (χ3v) is 4.43. The number of aromatic nitrogens is 2. The van der Waals surface area contributed by atoms with Crippen LogP contribution in [0.15, 0.2) is 12.4 Å². The number of nitrogen functional groups attached to an aromatic ring is 1. The molecule has 2 fully saturated rings. The van der Waals surface area contributed by atoms with E-state index in [0.717, 1.165) is 25.9 Å². The topological polar surface area (TPSA) is 96.4 Å². The number of β-amino-alcohol motifs (C(OH)–C–C–N with tert-alkyl or cyclic N) is 1. The van der Waals surface area contributed by atoms with Crippen LogP contribution in [0, 0.1) is 5.92 Å². The van der Waals surface area contributed by atoms with Crippen molar-refractivity contribution in [1.82, 2.24) is 20.0 Å². The lowest BCUT2D eigenvalue weighted by Crippen LogP contribution is -2.55. The summed E-state index contributed by atoms with van der Waals surface area (Å²) in [7, 11) is 0. The van der Waals surface area contributed by atoms with Crippen LogP contribution in [0.4, 0.5) is 5.69 Å². The zero-order chi connectivity index (χ0) is 14.8. The zero-order valence-corrected chi connectivity index (χ0v) is 12.1. The number of fused-ring (bicyclic) bond motifs is 1. The Kier molecular flexibility index (Phi) is 4.12.